The van der Waals surface area contributed by atoms with Crippen molar-refractivity contribution >= 4 is 17.3 Å². The smallest absolute Gasteiger partial charge is 0.317 e. The maximum Gasteiger partial charge on any atom is 0.317 e. The van der Waals surface area contributed by atoms with E-state index in [1.807, 2.05) is 32.0 Å². The van der Waals surface area contributed by atoms with E-state index in [0.717, 1.165) is 28.4 Å². The van der Waals surface area contributed by atoms with Gasteiger partial charge < -0.3 is 15.2 Å². The fourth-order valence-electron chi connectivity index (χ4n) is 3.53. The summed E-state index contributed by atoms with van der Waals surface area (Å²) in [6.45, 7) is 3.94. The molecule has 0 amide bonds. The molecule has 0 radical (unpaired) electrons. The van der Waals surface area contributed by atoms with Crippen molar-refractivity contribution in [3.05, 3.63) is 53.1 Å². The Morgan fingerprint density at radius 3 is 2.69 bits per heavy atom. The molecule has 3 aromatic rings. The number of fused-ring (bicyclic) bond motifs is 1. The molecule has 7 nitrogen and oxygen atoms in total. The van der Waals surface area contributed by atoms with Crippen LogP contribution in [0.4, 0.5) is 0 Å². The Labute approximate surface area is 191 Å². The minimum atomic E-state index is -0.822. The zero-order valence-corrected chi connectivity index (χ0v) is 19.2. The molecule has 0 unspecified atom stereocenters. The quantitative estimate of drug-likeness (QED) is 0.576. The monoisotopic (exact) mass is 450 g/mol. The van der Waals surface area contributed by atoms with E-state index in [-0.39, 0.29) is 12.6 Å². The minimum absolute atomic E-state index is 0.0289. The van der Waals surface area contributed by atoms with Crippen molar-refractivity contribution in [1.82, 2.24) is 15.5 Å². The van der Waals surface area contributed by atoms with Crippen LogP contribution in [0.5, 0.6) is 5.75 Å². The van der Waals surface area contributed by atoms with E-state index in [0.29, 0.717) is 11.3 Å². The first-order valence-electron chi connectivity index (χ1n) is 10.4. The molecule has 2 N–H and O–H groups in total. The second-order valence-electron chi connectivity index (χ2n) is 7.62. The van der Waals surface area contributed by atoms with Gasteiger partial charge in [-0.1, -0.05) is 29.5 Å². The molecule has 8 heteroatoms. The largest absolute Gasteiger partial charge is 0.490 e. The van der Waals surface area contributed by atoms with E-state index in [1.54, 1.807) is 18.4 Å². The standard InChI is InChI=1S/C21H19N3OS.C3H7NO2/c1-13(2)25-19-10-9-15(11-16(19)12-22)20-23-24-21(26-20)18-8-4-6-14-5-3-7-17(14)18;1-4-2-3(5)6/h4,6,8-11,13H,3,5,7H2,1-2H3;4H,2H2,1H3,(H,5,6). The Kier molecular flexibility index (Phi) is 7.92. The Morgan fingerprint density at radius 2 is 2.03 bits per heavy atom. The van der Waals surface area contributed by atoms with E-state index in [1.165, 1.54) is 23.1 Å². The fraction of sp³-hybridized carbons (Fsp3) is 0.333. The van der Waals surface area contributed by atoms with E-state index in [9.17, 15) is 10.1 Å². The first-order valence-corrected chi connectivity index (χ1v) is 11.3. The second kappa shape index (κ2) is 10.8. The van der Waals surface area contributed by atoms with Crippen LogP contribution >= 0.6 is 11.3 Å². The lowest BCUT2D eigenvalue weighted by molar-refractivity contribution is -0.135. The number of carbonyl (C=O) groups is 1. The van der Waals surface area contributed by atoms with Gasteiger partial charge in [-0.05, 0) is 69.5 Å². The average Bonchev–Trinajstić information content (AvgIpc) is 3.43. The molecule has 0 atom stereocenters. The van der Waals surface area contributed by atoms with Crippen molar-refractivity contribution in [1.29, 1.82) is 5.26 Å². The number of aliphatic carboxylic acids is 1. The number of hydrogen-bond acceptors (Lipinski definition) is 7. The van der Waals surface area contributed by atoms with Crippen LogP contribution in [0, 0.1) is 11.3 Å². The predicted octanol–water partition coefficient (Wildman–Crippen LogP) is 4.31. The third-order valence-electron chi connectivity index (χ3n) is 4.84. The summed E-state index contributed by atoms with van der Waals surface area (Å²) < 4.78 is 5.70. The van der Waals surface area contributed by atoms with E-state index < -0.39 is 5.97 Å². The number of aryl methyl sites for hydroxylation is 1. The van der Waals surface area contributed by atoms with Crippen molar-refractivity contribution in [3.63, 3.8) is 0 Å². The lowest BCUT2D eigenvalue weighted by atomic mass is 10.0. The Balaban J connectivity index is 0.000000427. The van der Waals surface area contributed by atoms with Crippen molar-refractivity contribution in [2.45, 2.75) is 39.2 Å². The number of nitriles is 1. The van der Waals surface area contributed by atoms with Crippen LogP contribution < -0.4 is 10.1 Å². The number of benzene rings is 2. The first kappa shape index (κ1) is 23.4. The number of nitrogens with zero attached hydrogens (tertiary/aromatic N) is 3. The van der Waals surface area contributed by atoms with Crippen molar-refractivity contribution < 1.29 is 14.6 Å². The van der Waals surface area contributed by atoms with Gasteiger partial charge in [-0.3, -0.25) is 4.79 Å². The molecule has 2 aromatic carbocycles. The summed E-state index contributed by atoms with van der Waals surface area (Å²) in [6, 6.07) is 14.3. The molecule has 0 bridgehead atoms. The van der Waals surface area contributed by atoms with E-state index in [4.69, 9.17) is 9.84 Å². The molecule has 1 heterocycles. The maximum absolute atomic E-state index is 9.54. The number of carboxylic acids is 1. The van der Waals surface area contributed by atoms with E-state index >= 15 is 0 Å². The van der Waals surface area contributed by atoms with Crippen LogP contribution in [0.2, 0.25) is 0 Å². The van der Waals surface area contributed by atoms with Gasteiger partial charge >= 0.3 is 5.97 Å². The van der Waals surface area contributed by atoms with Crippen molar-refractivity contribution in [2.75, 3.05) is 13.6 Å². The van der Waals surface area contributed by atoms with Crippen LogP contribution in [0.1, 0.15) is 37.0 Å². The van der Waals surface area contributed by atoms with Gasteiger partial charge in [0, 0.05) is 11.1 Å². The lowest BCUT2D eigenvalue weighted by Gasteiger charge is -2.11. The van der Waals surface area contributed by atoms with Gasteiger partial charge in [0.05, 0.1) is 18.2 Å². The van der Waals surface area contributed by atoms with Gasteiger partial charge in [-0.15, -0.1) is 10.2 Å². The average molecular weight is 451 g/mol. The van der Waals surface area contributed by atoms with Crippen LogP contribution in [-0.4, -0.2) is 41.0 Å². The molecular formula is C24H26N4O3S. The molecule has 32 heavy (non-hydrogen) atoms. The SMILES string of the molecule is CC(C)Oc1ccc(-c2nnc(-c3cccc4c3CCC4)s2)cc1C#N.CNCC(=O)O. The molecule has 0 fully saturated rings. The number of carboxylic acid groups (broad SMARTS) is 1. The number of rotatable bonds is 6. The number of likely N-dealkylation sites (N-methyl/N-ethyl adjacent to an activating group) is 1. The molecular weight excluding hydrogens is 424 g/mol. The number of nitrogens with one attached hydrogen (secondary N) is 1. The highest BCUT2D eigenvalue weighted by Crippen LogP contribution is 2.37. The van der Waals surface area contributed by atoms with Gasteiger partial charge in [0.1, 0.15) is 21.8 Å². The third kappa shape index (κ3) is 5.69. The number of hydrogen-bond donors (Lipinski definition) is 2. The summed E-state index contributed by atoms with van der Waals surface area (Å²) in [7, 11) is 1.59. The lowest BCUT2D eigenvalue weighted by Crippen LogP contribution is -2.16. The highest BCUT2D eigenvalue weighted by molar-refractivity contribution is 7.17. The van der Waals surface area contributed by atoms with Gasteiger partial charge in [-0.2, -0.15) is 5.26 Å². The molecule has 0 saturated carbocycles. The Hall–Kier alpha value is -3.28. The topological polar surface area (TPSA) is 108 Å². The van der Waals surface area contributed by atoms with Gasteiger partial charge in [0.15, 0.2) is 0 Å². The molecule has 1 aromatic heterocycles. The molecule has 0 saturated heterocycles. The summed E-state index contributed by atoms with van der Waals surface area (Å²) in [5.41, 5.74) is 5.46. The molecule has 0 aliphatic heterocycles. The minimum Gasteiger partial charge on any atom is -0.490 e. The molecule has 0 spiro atoms. The summed E-state index contributed by atoms with van der Waals surface area (Å²) in [4.78, 5) is 9.54. The molecule has 4 rings (SSSR count). The highest BCUT2D eigenvalue weighted by Gasteiger charge is 2.19. The molecule has 1 aliphatic carbocycles. The Morgan fingerprint density at radius 1 is 1.25 bits per heavy atom. The summed E-state index contributed by atoms with van der Waals surface area (Å²) in [5, 5.41) is 30.3. The third-order valence-corrected chi connectivity index (χ3v) is 5.84. The number of ether oxygens (including phenoxy) is 1. The number of aromatic nitrogens is 2. The summed E-state index contributed by atoms with van der Waals surface area (Å²) in [5.74, 6) is -0.214. The van der Waals surface area contributed by atoms with E-state index in [2.05, 4.69) is 39.8 Å². The van der Waals surface area contributed by atoms with Crippen LogP contribution in [0.15, 0.2) is 36.4 Å². The van der Waals surface area contributed by atoms with Crippen LogP contribution in [-0.2, 0) is 17.6 Å². The van der Waals surface area contributed by atoms with Crippen molar-refractivity contribution in [3.8, 4) is 33.0 Å². The van der Waals surface area contributed by atoms with Gasteiger partial charge in [0.2, 0.25) is 0 Å². The van der Waals surface area contributed by atoms with Gasteiger partial charge in [-0.25, -0.2) is 0 Å². The fourth-order valence-corrected chi connectivity index (χ4v) is 4.42. The summed E-state index contributed by atoms with van der Waals surface area (Å²) >= 11 is 1.57. The maximum atomic E-state index is 9.54. The van der Waals surface area contributed by atoms with Crippen molar-refractivity contribution in [2.24, 2.45) is 0 Å². The highest BCUT2D eigenvalue weighted by atomic mass is 32.1. The molecule has 1 aliphatic rings. The molecule has 166 valence electrons. The second-order valence-corrected chi connectivity index (χ2v) is 8.60. The summed E-state index contributed by atoms with van der Waals surface area (Å²) in [6.07, 6.45) is 3.50. The normalized spacial score (nSPS) is 12.0. The zero-order valence-electron chi connectivity index (χ0n) is 18.4. The zero-order chi connectivity index (χ0) is 23.1. The van der Waals surface area contributed by atoms with Crippen LogP contribution in [0.3, 0.4) is 0 Å². The van der Waals surface area contributed by atoms with Gasteiger partial charge in [0.25, 0.3) is 0 Å². The predicted molar refractivity (Wildman–Crippen MR) is 125 cm³/mol. The Bertz CT molecular complexity index is 1130. The first-order chi connectivity index (χ1) is 15.4. The van der Waals surface area contributed by atoms with Crippen LogP contribution in [0.25, 0.3) is 21.1 Å².